The number of benzene rings is 1. The highest BCUT2D eigenvalue weighted by Crippen LogP contribution is 2.30. The van der Waals surface area contributed by atoms with Crippen LogP contribution in [0.15, 0.2) is 29.1 Å². The molecule has 1 saturated heterocycles. The predicted molar refractivity (Wildman–Crippen MR) is 104 cm³/mol. The maximum Gasteiger partial charge on any atom is 0.259 e. The number of thiophene rings is 1. The lowest BCUT2D eigenvalue weighted by molar-refractivity contribution is 0.0700. The van der Waals surface area contributed by atoms with E-state index in [2.05, 4.69) is 9.97 Å². The highest BCUT2D eigenvalue weighted by molar-refractivity contribution is 7.18. The molecule has 3 heterocycles. The third-order valence-corrected chi connectivity index (χ3v) is 6.36. The molecule has 1 fully saturated rings. The molecule has 7 heteroatoms. The standard InChI is InChI=1S/C20H20FN3O2S/c1-11-12(2)27-19-16(11)18(25)22-17(23-19)13-6-5-9-24(10-13)20(26)14-7-3-4-8-15(14)21/h3-4,7-8,13H,5-6,9-10H2,1-2H3,(H,22,23,25). The molecule has 1 aliphatic heterocycles. The smallest absolute Gasteiger partial charge is 0.259 e. The lowest BCUT2D eigenvalue weighted by Gasteiger charge is -2.32. The molecule has 3 aromatic rings. The third-order valence-electron chi connectivity index (χ3n) is 5.26. The molecule has 0 radical (unpaired) electrons. The molecule has 1 N–H and O–H groups in total. The average Bonchev–Trinajstić information content (AvgIpc) is 2.96. The maximum absolute atomic E-state index is 14.0. The van der Waals surface area contributed by atoms with Crippen molar-refractivity contribution in [3.05, 3.63) is 62.3 Å². The molecule has 1 unspecified atom stereocenters. The predicted octanol–water partition coefficient (Wildman–Crippen LogP) is 3.76. The van der Waals surface area contributed by atoms with Gasteiger partial charge in [0.15, 0.2) is 0 Å². The van der Waals surface area contributed by atoms with Crippen LogP contribution in [0.25, 0.3) is 10.2 Å². The number of halogens is 1. The molecule has 1 amide bonds. The summed E-state index contributed by atoms with van der Waals surface area (Å²) in [5.41, 5.74) is 0.921. The summed E-state index contributed by atoms with van der Waals surface area (Å²) >= 11 is 1.52. The van der Waals surface area contributed by atoms with E-state index < -0.39 is 5.82 Å². The van der Waals surface area contributed by atoms with Crippen LogP contribution in [0.3, 0.4) is 0 Å². The summed E-state index contributed by atoms with van der Waals surface area (Å²) in [7, 11) is 0. The van der Waals surface area contributed by atoms with Crippen molar-refractivity contribution in [2.45, 2.75) is 32.6 Å². The molecule has 2 aromatic heterocycles. The van der Waals surface area contributed by atoms with E-state index in [0.29, 0.717) is 24.3 Å². The van der Waals surface area contributed by atoms with Gasteiger partial charge in [-0.1, -0.05) is 12.1 Å². The van der Waals surface area contributed by atoms with Crippen LogP contribution in [0.2, 0.25) is 0 Å². The highest BCUT2D eigenvalue weighted by atomic mass is 32.1. The number of amides is 1. The van der Waals surface area contributed by atoms with Gasteiger partial charge in [0.2, 0.25) is 0 Å². The zero-order valence-corrected chi connectivity index (χ0v) is 16.0. The number of rotatable bonds is 2. The van der Waals surface area contributed by atoms with E-state index in [1.807, 2.05) is 13.8 Å². The van der Waals surface area contributed by atoms with E-state index in [1.165, 1.54) is 23.5 Å². The number of aryl methyl sites for hydroxylation is 2. The van der Waals surface area contributed by atoms with Gasteiger partial charge in [-0.3, -0.25) is 9.59 Å². The molecular formula is C20H20FN3O2S. The summed E-state index contributed by atoms with van der Waals surface area (Å²) in [6.45, 7) is 4.91. The highest BCUT2D eigenvalue weighted by Gasteiger charge is 2.28. The Labute approximate surface area is 159 Å². The number of piperidine rings is 1. The Hall–Kier alpha value is -2.54. The fourth-order valence-corrected chi connectivity index (χ4v) is 4.69. The number of carbonyl (C=O) groups is 1. The molecule has 0 spiro atoms. The second kappa shape index (κ2) is 6.88. The minimum atomic E-state index is -0.512. The number of fused-ring (bicyclic) bond motifs is 1. The van der Waals surface area contributed by atoms with Crippen molar-refractivity contribution in [2.75, 3.05) is 13.1 Å². The van der Waals surface area contributed by atoms with E-state index in [9.17, 15) is 14.0 Å². The number of likely N-dealkylation sites (tertiary alicyclic amines) is 1. The van der Waals surface area contributed by atoms with Gasteiger partial charge in [-0.15, -0.1) is 11.3 Å². The van der Waals surface area contributed by atoms with Crippen molar-refractivity contribution >= 4 is 27.5 Å². The number of nitrogens with zero attached hydrogens (tertiary/aromatic N) is 2. The zero-order valence-electron chi connectivity index (χ0n) is 15.2. The van der Waals surface area contributed by atoms with Crippen LogP contribution in [0.5, 0.6) is 0 Å². The minimum Gasteiger partial charge on any atom is -0.338 e. The van der Waals surface area contributed by atoms with Gasteiger partial charge in [-0.05, 0) is 44.4 Å². The molecule has 4 rings (SSSR count). The average molecular weight is 385 g/mol. The van der Waals surface area contributed by atoms with Crippen LogP contribution in [0.1, 0.15) is 45.4 Å². The van der Waals surface area contributed by atoms with Gasteiger partial charge in [0.05, 0.1) is 10.9 Å². The Kier molecular flexibility index (Phi) is 4.55. The molecule has 0 bridgehead atoms. The molecule has 0 aliphatic carbocycles. The number of hydrogen-bond acceptors (Lipinski definition) is 4. The fourth-order valence-electron chi connectivity index (χ4n) is 3.65. The van der Waals surface area contributed by atoms with Crippen molar-refractivity contribution < 1.29 is 9.18 Å². The SMILES string of the molecule is Cc1sc2nc(C3CCCN(C(=O)c4ccccc4F)C3)[nH]c(=O)c2c1C. The molecule has 1 atom stereocenters. The molecule has 140 valence electrons. The van der Waals surface area contributed by atoms with E-state index in [1.54, 1.807) is 17.0 Å². The van der Waals surface area contributed by atoms with Crippen molar-refractivity contribution in [2.24, 2.45) is 0 Å². The summed E-state index contributed by atoms with van der Waals surface area (Å²) in [6, 6.07) is 6.03. The van der Waals surface area contributed by atoms with Crippen molar-refractivity contribution in [3.8, 4) is 0 Å². The van der Waals surface area contributed by atoms with Crippen molar-refractivity contribution in [1.82, 2.24) is 14.9 Å². The van der Waals surface area contributed by atoms with Gasteiger partial charge >= 0.3 is 0 Å². The van der Waals surface area contributed by atoms with Gasteiger partial charge in [-0.25, -0.2) is 9.37 Å². The third kappa shape index (κ3) is 3.16. The van der Waals surface area contributed by atoms with E-state index in [4.69, 9.17) is 0 Å². The van der Waals surface area contributed by atoms with E-state index in [-0.39, 0.29) is 22.9 Å². The first-order chi connectivity index (χ1) is 13.0. The van der Waals surface area contributed by atoms with Gasteiger partial charge in [0, 0.05) is 23.9 Å². The van der Waals surface area contributed by atoms with Crippen LogP contribution in [0, 0.1) is 19.7 Å². The van der Waals surface area contributed by atoms with Gasteiger partial charge < -0.3 is 9.88 Å². The number of hydrogen-bond donors (Lipinski definition) is 1. The summed E-state index contributed by atoms with van der Waals surface area (Å²) in [5, 5.41) is 0.649. The second-order valence-corrected chi connectivity index (χ2v) is 8.19. The summed E-state index contributed by atoms with van der Waals surface area (Å²) in [6.07, 6.45) is 1.62. The van der Waals surface area contributed by atoms with E-state index in [0.717, 1.165) is 28.1 Å². The van der Waals surface area contributed by atoms with Crippen LogP contribution in [0.4, 0.5) is 4.39 Å². The quantitative estimate of drug-likeness (QED) is 0.730. The molecule has 1 aliphatic rings. The Balaban J connectivity index is 1.64. The number of aromatic nitrogens is 2. The van der Waals surface area contributed by atoms with Crippen molar-refractivity contribution in [3.63, 3.8) is 0 Å². The van der Waals surface area contributed by atoms with E-state index >= 15 is 0 Å². The van der Waals surface area contributed by atoms with Crippen LogP contribution < -0.4 is 5.56 Å². The molecule has 5 nitrogen and oxygen atoms in total. The topological polar surface area (TPSA) is 66.1 Å². The summed E-state index contributed by atoms with van der Waals surface area (Å²) in [5.74, 6) is -0.278. The largest absolute Gasteiger partial charge is 0.338 e. The Bertz CT molecular complexity index is 1090. The molecule has 0 saturated carbocycles. The Morgan fingerprint density at radius 2 is 2.11 bits per heavy atom. The normalized spacial score (nSPS) is 17.4. The first-order valence-corrected chi connectivity index (χ1v) is 9.81. The van der Waals surface area contributed by atoms with Crippen LogP contribution >= 0.6 is 11.3 Å². The first kappa shape index (κ1) is 17.9. The number of carbonyl (C=O) groups excluding carboxylic acids is 1. The second-order valence-electron chi connectivity index (χ2n) is 6.98. The van der Waals surface area contributed by atoms with Crippen LogP contribution in [-0.2, 0) is 0 Å². The van der Waals surface area contributed by atoms with Crippen molar-refractivity contribution in [1.29, 1.82) is 0 Å². The number of aromatic amines is 1. The number of H-pyrrole nitrogens is 1. The molecular weight excluding hydrogens is 365 g/mol. The lowest BCUT2D eigenvalue weighted by atomic mass is 9.96. The maximum atomic E-state index is 14.0. The van der Waals surface area contributed by atoms with Gasteiger partial charge in [0.25, 0.3) is 11.5 Å². The molecule has 27 heavy (non-hydrogen) atoms. The summed E-state index contributed by atoms with van der Waals surface area (Å²) in [4.78, 5) is 36.3. The van der Waals surface area contributed by atoms with Gasteiger partial charge in [-0.2, -0.15) is 0 Å². The summed E-state index contributed by atoms with van der Waals surface area (Å²) < 4.78 is 14.0. The zero-order chi connectivity index (χ0) is 19.1. The number of nitrogens with one attached hydrogen (secondary N) is 1. The fraction of sp³-hybridized carbons (Fsp3) is 0.350. The monoisotopic (exact) mass is 385 g/mol. The Morgan fingerprint density at radius 3 is 2.89 bits per heavy atom. The first-order valence-electron chi connectivity index (χ1n) is 8.99. The Morgan fingerprint density at radius 1 is 1.33 bits per heavy atom. The minimum absolute atomic E-state index is 0.0608. The van der Waals surface area contributed by atoms with Crippen LogP contribution in [-0.4, -0.2) is 33.9 Å². The molecule has 1 aromatic carbocycles. The van der Waals surface area contributed by atoms with Gasteiger partial charge in [0.1, 0.15) is 16.5 Å². The lowest BCUT2D eigenvalue weighted by Crippen LogP contribution is -2.40.